The molecule has 1 saturated heterocycles. The van der Waals surface area contributed by atoms with Crippen molar-refractivity contribution in [1.29, 1.82) is 0 Å². The molecule has 1 aromatic carbocycles. The van der Waals surface area contributed by atoms with Gasteiger partial charge in [0.1, 0.15) is 0 Å². The summed E-state index contributed by atoms with van der Waals surface area (Å²) in [5.41, 5.74) is 0.725. The Morgan fingerprint density at radius 2 is 1.86 bits per heavy atom. The monoisotopic (exact) mass is 289 g/mol. The van der Waals surface area contributed by atoms with Crippen LogP contribution in [0, 0.1) is 0 Å². The lowest BCUT2D eigenvalue weighted by atomic mass is 10.1. The van der Waals surface area contributed by atoms with Crippen molar-refractivity contribution in [1.82, 2.24) is 4.90 Å². The Hall–Kier alpha value is -2.27. The first-order valence-corrected chi connectivity index (χ1v) is 6.90. The van der Waals surface area contributed by atoms with Crippen LogP contribution in [0.5, 0.6) is 11.5 Å². The number of hydrogen-bond donors (Lipinski definition) is 3. The number of aliphatic hydroxyl groups is 1. The van der Waals surface area contributed by atoms with Crippen LogP contribution in [0.15, 0.2) is 36.4 Å². The molecule has 0 spiro atoms. The summed E-state index contributed by atoms with van der Waals surface area (Å²) in [5, 5.41) is 27.9. The molecule has 3 N–H and O–H groups in total. The van der Waals surface area contributed by atoms with E-state index in [0.717, 1.165) is 5.56 Å². The summed E-state index contributed by atoms with van der Waals surface area (Å²) in [6.07, 6.45) is 7.50. The highest BCUT2D eigenvalue weighted by atomic mass is 16.3. The van der Waals surface area contributed by atoms with Crippen LogP contribution in [0.25, 0.3) is 6.08 Å². The van der Waals surface area contributed by atoms with Crippen molar-refractivity contribution in [2.24, 2.45) is 0 Å². The number of carbonyl (C=O) groups excluding carboxylic acids is 1. The van der Waals surface area contributed by atoms with E-state index >= 15 is 0 Å². The summed E-state index contributed by atoms with van der Waals surface area (Å²) in [5.74, 6) is -0.408. The maximum Gasteiger partial charge on any atom is 0.246 e. The van der Waals surface area contributed by atoms with E-state index < -0.39 is 0 Å². The molecule has 21 heavy (non-hydrogen) atoms. The molecular formula is C16H19NO4. The number of allylic oxidation sites excluding steroid dienone is 2. The lowest BCUT2D eigenvalue weighted by molar-refractivity contribution is -0.127. The Morgan fingerprint density at radius 3 is 2.52 bits per heavy atom. The van der Waals surface area contributed by atoms with Crippen LogP contribution in [0.3, 0.4) is 0 Å². The molecule has 0 atom stereocenters. The molecular weight excluding hydrogens is 270 g/mol. The molecule has 1 aromatic rings. The predicted octanol–water partition coefficient (Wildman–Crippen LogP) is 1.65. The lowest BCUT2D eigenvalue weighted by Gasteiger charge is -2.28. The van der Waals surface area contributed by atoms with Crippen LogP contribution in [-0.4, -0.2) is 45.3 Å². The Balaban J connectivity index is 1.87. The summed E-state index contributed by atoms with van der Waals surface area (Å²) < 4.78 is 0. The summed E-state index contributed by atoms with van der Waals surface area (Å²) in [6, 6.07) is 4.50. The van der Waals surface area contributed by atoms with Gasteiger partial charge in [0.15, 0.2) is 11.5 Å². The van der Waals surface area contributed by atoms with Gasteiger partial charge in [0.25, 0.3) is 0 Å². The van der Waals surface area contributed by atoms with Crippen molar-refractivity contribution in [2.75, 3.05) is 13.1 Å². The Labute approximate surface area is 123 Å². The first-order valence-electron chi connectivity index (χ1n) is 6.90. The quantitative estimate of drug-likeness (QED) is 0.449. The van der Waals surface area contributed by atoms with E-state index in [1.807, 2.05) is 0 Å². The molecule has 0 saturated carbocycles. The third-order valence-corrected chi connectivity index (χ3v) is 3.41. The van der Waals surface area contributed by atoms with Crippen molar-refractivity contribution in [3.63, 3.8) is 0 Å². The van der Waals surface area contributed by atoms with Gasteiger partial charge in [-0.3, -0.25) is 4.79 Å². The molecule has 0 radical (unpaired) electrons. The maximum absolute atomic E-state index is 11.9. The molecule has 1 aliphatic heterocycles. The number of aromatic hydroxyl groups is 2. The minimum absolute atomic E-state index is 0.0693. The largest absolute Gasteiger partial charge is 0.504 e. The molecule has 2 rings (SSSR count). The zero-order chi connectivity index (χ0) is 15.2. The normalized spacial score (nSPS) is 16.9. The number of phenolic OH excluding ortho intramolecular Hbond substituents is 2. The van der Waals surface area contributed by atoms with Crippen LogP contribution in [0.1, 0.15) is 18.4 Å². The number of nitrogens with zero attached hydrogens (tertiary/aromatic N) is 1. The van der Waals surface area contributed by atoms with Crippen LogP contribution in [0.4, 0.5) is 0 Å². The number of aliphatic hydroxyl groups excluding tert-OH is 1. The van der Waals surface area contributed by atoms with Gasteiger partial charge in [-0.15, -0.1) is 0 Å². The third kappa shape index (κ3) is 4.36. The summed E-state index contributed by atoms with van der Waals surface area (Å²) >= 11 is 0. The average molecular weight is 289 g/mol. The van der Waals surface area contributed by atoms with Crippen molar-refractivity contribution < 1.29 is 20.1 Å². The lowest BCUT2D eigenvalue weighted by Crippen LogP contribution is -2.39. The molecule has 1 fully saturated rings. The van der Waals surface area contributed by atoms with Gasteiger partial charge >= 0.3 is 0 Å². The minimum Gasteiger partial charge on any atom is -0.504 e. The SMILES string of the molecule is O=C(C=CC=Cc1ccc(O)c(O)c1)N1CCC(O)CC1. The van der Waals surface area contributed by atoms with Crippen molar-refractivity contribution >= 4 is 12.0 Å². The number of carbonyl (C=O) groups is 1. The van der Waals surface area contributed by atoms with Gasteiger partial charge in [-0.1, -0.05) is 24.3 Å². The van der Waals surface area contributed by atoms with Crippen LogP contribution in [-0.2, 0) is 4.79 Å². The van der Waals surface area contributed by atoms with Crippen molar-refractivity contribution in [2.45, 2.75) is 18.9 Å². The van der Waals surface area contributed by atoms with E-state index in [4.69, 9.17) is 0 Å². The minimum atomic E-state index is -0.292. The summed E-state index contributed by atoms with van der Waals surface area (Å²) in [4.78, 5) is 13.6. The highest BCUT2D eigenvalue weighted by Gasteiger charge is 2.19. The van der Waals surface area contributed by atoms with E-state index in [-0.39, 0.29) is 23.5 Å². The molecule has 0 aromatic heterocycles. The van der Waals surface area contributed by atoms with E-state index in [2.05, 4.69) is 0 Å². The first-order chi connectivity index (χ1) is 10.1. The van der Waals surface area contributed by atoms with E-state index in [9.17, 15) is 20.1 Å². The number of piperidine rings is 1. The number of rotatable bonds is 3. The second-order valence-electron chi connectivity index (χ2n) is 5.02. The van der Waals surface area contributed by atoms with Gasteiger partial charge in [-0.2, -0.15) is 0 Å². The topological polar surface area (TPSA) is 81.0 Å². The number of benzene rings is 1. The summed E-state index contributed by atoms with van der Waals surface area (Å²) in [6.45, 7) is 1.17. The van der Waals surface area contributed by atoms with Crippen molar-refractivity contribution in [3.8, 4) is 11.5 Å². The first kappa shape index (κ1) is 15.1. The molecule has 0 unspecified atom stereocenters. The highest BCUT2D eigenvalue weighted by Crippen LogP contribution is 2.25. The molecule has 112 valence electrons. The predicted molar refractivity (Wildman–Crippen MR) is 79.8 cm³/mol. The van der Waals surface area contributed by atoms with Gasteiger partial charge in [0.2, 0.25) is 5.91 Å². The molecule has 1 aliphatic rings. The van der Waals surface area contributed by atoms with E-state index in [0.29, 0.717) is 25.9 Å². The Bertz CT molecular complexity index is 557. The fraction of sp³-hybridized carbons (Fsp3) is 0.312. The Kier molecular flexibility index (Phi) is 5.00. The average Bonchev–Trinajstić information content (AvgIpc) is 2.47. The maximum atomic E-state index is 11.9. The fourth-order valence-corrected chi connectivity index (χ4v) is 2.14. The van der Waals surface area contributed by atoms with Gasteiger partial charge < -0.3 is 20.2 Å². The van der Waals surface area contributed by atoms with E-state index in [1.54, 1.807) is 29.2 Å². The van der Waals surface area contributed by atoms with Gasteiger partial charge in [0, 0.05) is 19.2 Å². The molecule has 0 bridgehead atoms. The highest BCUT2D eigenvalue weighted by molar-refractivity contribution is 5.88. The second-order valence-corrected chi connectivity index (χ2v) is 5.02. The number of amides is 1. The molecule has 0 aliphatic carbocycles. The number of phenols is 2. The second kappa shape index (κ2) is 6.95. The van der Waals surface area contributed by atoms with Gasteiger partial charge in [-0.05, 0) is 30.5 Å². The smallest absolute Gasteiger partial charge is 0.246 e. The molecule has 1 amide bonds. The zero-order valence-electron chi connectivity index (χ0n) is 11.6. The van der Waals surface area contributed by atoms with Crippen LogP contribution >= 0.6 is 0 Å². The Morgan fingerprint density at radius 1 is 1.14 bits per heavy atom. The summed E-state index contributed by atoms with van der Waals surface area (Å²) in [7, 11) is 0. The number of likely N-dealkylation sites (tertiary alicyclic amines) is 1. The molecule has 5 heteroatoms. The fourth-order valence-electron chi connectivity index (χ4n) is 2.14. The van der Waals surface area contributed by atoms with Crippen LogP contribution < -0.4 is 0 Å². The van der Waals surface area contributed by atoms with E-state index in [1.165, 1.54) is 18.2 Å². The van der Waals surface area contributed by atoms with Gasteiger partial charge in [0.05, 0.1) is 6.10 Å². The number of hydrogen-bond acceptors (Lipinski definition) is 4. The molecule has 5 nitrogen and oxygen atoms in total. The third-order valence-electron chi connectivity index (χ3n) is 3.41. The van der Waals surface area contributed by atoms with Gasteiger partial charge in [-0.25, -0.2) is 0 Å². The van der Waals surface area contributed by atoms with Crippen molar-refractivity contribution in [3.05, 3.63) is 42.0 Å². The van der Waals surface area contributed by atoms with Crippen LogP contribution in [0.2, 0.25) is 0 Å². The standard InChI is InChI=1S/C16H19NO4/c18-13-7-9-17(10-8-13)16(21)4-2-1-3-12-5-6-14(19)15(20)11-12/h1-6,11,13,18-20H,7-10H2. The molecule has 1 heterocycles. The zero-order valence-corrected chi connectivity index (χ0v) is 11.6.